The molecule has 2 atom stereocenters. The molecule has 0 saturated carbocycles. The van der Waals surface area contributed by atoms with Crippen LogP contribution in [0.15, 0.2) is 0 Å². The predicted octanol–water partition coefficient (Wildman–Crippen LogP) is 3.19. The quantitative estimate of drug-likeness (QED) is 0.651. The van der Waals surface area contributed by atoms with Crippen LogP contribution in [0.1, 0.15) is 65.7 Å². The van der Waals surface area contributed by atoms with Gasteiger partial charge in [0.05, 0.1) is 5.92 Å². The van der Waals surface area contributed by atoms with Crippen LogP contribution >= 0.6 is 0 Å². The average Bonchev–Trinajstić information content (AvgIpc) is 2.83. The molecule has 1 aliphatic heterocycles. The van der Waals surface area contributed by atoms with Crippen LogP contribution in [0.2, 0.25) is 0 Å². The first kappa shape index (κ1) is 16.5. The molecular weight excluding hydrogens is 236 g/mol. The Kier molecular flexibility index (Phi) is 8.11. The van der Waals surface area contributed by atoms with E-state index in [4.69, 9.17) is 0 Å². The molecule has 19 heavy (non-hydrogen) atoms. The van der Waals surface area contributed by atoms with Gasteiger partial charge in [-0.3, -0.25) is 4.79 Å². The lowest BCUT2D eigenvalue weighted by atomic mass is 10.00. The predicted molar refractivity (Wildman–Crippen MR) is 81.2 cm³/mol. The van der Waals surface area contributed by atoms with Gasteiger partial charge in [0.2, 0.25) is 5.91 Å². The molecule has 1 fully saturated rings. The summed E-state index contributed by atoms with van der Waals surface area (Å²) >= 11 is 0. The molecule has 0 aromatic carbocycles. The Morgan fingerprint density at radius 2 is 1.68 bits per heavy atom. The van der Waals surface area contributed by atoms with Gasteiger partial charge in [0.15, 0.2) is 0 Å². The molecule has 1 N–H and O–H groups in total. The third-order valence-electron chi connectivity index (χ3n) is 4.22. The van der Waals surface area contributed by atoms with E-state index in [1.54, 1.807) is 0 Å². The fourth-order valence-corrected chi connectivity index (χ4v) is 2.87. The molecule has 0 spiro atoms. The molecule has 0 aliphatic carbocycles. The Balaban J connectivity index is 2.47. The Morgan fingerprint density at radius 3 is 2.11 bits per heavy atom. The van der Waals surface area contributed by atoms with Crippen molar-refractivity contribution in [2.24, 2.45) is 5.92 Å². The van der Waals surface area contributed by atoms with E-state index in [1.165, 1.54) is 25.7 Å². The van der Waals surface area contributed by atoms with Gasteiger partial charge in [-0.1, -0.05) is 39.5 Å². The van der Waals surface area contributed by atoms with Gasteiger partial charge in [-0.2, -0.15) is 0 Å². The number of hydrogen-bond acceptors (Lipinski definition) is 2. The molecule has 1 saturated heterocycles. The van der Waals surface area contributed by atoms with E-state index < -0.39 is 0 Å². The van der Waals surface area contributed by atoms with Crippen LogP contribution in [0.4, 0.5) is 0 Å². The van der Waals surface area contributed by atoms with Crippen LogP contribution in [-0.4, -0.2) is 36.5 Å². The summed E-state index contributed by atoms with van der Waals surface area (Å²) < 4.78 is 0. The molecule has 3 nitrogen and oxygen atoms in total. The third kappa shape index (κ3) is 5.52. The molecule has 1 amide bonds. The van der Waals surface area contributed by atoms with Crippen molar-refractivity contribution in [3.8, 4) is 0 Å². The number of amides is 1. The molecule has 1 rings (SSSR count). The molecule has 2 unspecified atom stereocenters. The second-order valence-corrected chi connectivity index (χ2v) is 5.88. The Bertz CT molecular complexity index is 245. The van der Waals surface area contributed by atoms with Crippen molar-refractivity contribution in [2.45, 2.75) is 71.8 Å². The highest BCUT2D eigenvalue weighted by atomic mass is 16.2. The lowest BCUT2D eigenvalue weighted by Crippen LogP contribution is -2.41. The maximum absolute atomic E-state index is 12.6. The zero-order valence-corrected chi connectivity index (χ0v) is 13.1. The van der Waals surface area contributed by atoms with Gasteiger partial charge in [-0.25, -0.2) is 0 Å². The number of nitrogens with one attached hydrogen (secondary N) is 1. The molecule has 0 radical (unpaired) electrons. The summed E-state index contributed by atoms with van der Waals surface area (Å²) in [5.74, 6) is 0.605. The van der Waals surface area contributed by atoms with Gasteiger partial charge in [-0.05, 0) is 32.7 Å². The SMILES string of the molecule is CCCCCN(CCCCC)C(=O)C1CCNC1C. The number of carbonyl (C=O) groups excluding carboxylic acids is 1. The van der Waals surface area contributed by atoms with Crippen molar-refractivity contribution in [1.29, 1.82) is 0 Å². The fourth-order valence-electron chi connectivity index (χ4n) is 2.87. The van der Waals surface area contributed by atoms with Crippen molar-refractivity contribution in [1.82, 2.24) is 10.2 Å². The van der Waals surface area contributed by atoms with Crippen LogP contribution in [0, 0.1) is 5.92 Å². The van der Waals surface area contributed by atoms with E-state index in [1.807, 2.05) is 0 Å². The lowest BCUT2D eigenvalue weighted by Gasteiger charge is -2.27. The Hall–Kier alpha value is -0.570. The highest BCUT2D eigenvalue weighted by Gasteiger charge is 2.32. The summed E-state index contributed by atoms with van der Waals surface area (Å²) in [6.45, 7) is 9.48. The summed E-state index contributed by atoms with van der Waals surface area (Å²) in [4.78, 5) is 14.8. The monoisotopic (exact) mass is 268 g/mol. The van der Waals surface area contributed by atoms with Gasteiger partial charge in [0, 0.05) is 19.1 Å². The number of unbranched alkanes of at least 4 members (excludes halogenated alkanes) is 4. The van der Waals surface area contributed by atoms with Crippen LogP contribution in [0.25, 0.3) is 0 Å². The van der Waals surface area contributed by atoms with E-state index in [-0.39, 0.29) is 5.92 Å². The largest absolute Gasteiger partial charge is 0.342 e. The van der Waals surface area contributed by atoms with E-state index in [0.717, 1.165) is 38.9 Å². The standard InChI is InChI=1S/C16H32N2O/c1-4-6-8-12-18(13-9-7-5-2)16(19)15-10-11-17-14(15)3/h14-15,17H,4-13H2,1-3H3. The minimum atomic E-state index is 0.211. The molecule has 1 heterocycles. The van der Waals surface area contributed by atoms with Crippen LogP contribution < -0.4 is 5.32 Å². The normalized spacial score (nSPS) is 22.7. The van der Waals surface area contributed by atoms with Gasteiger partial charge in [0.1, 0.15) is 0 Å². The number of nitrogens with zero attached hydrogens (tertiary/aromatic N) is 1. The second kappa shape index (κ2) is 9.35. The molecule has 112 valence electrons. The minimum absolute atomic E-state index is 0.211. The summed E-state index contributed by atoms with van der Waals surface area (Å²) in [6.07, 6.45) is 8.23. The smallest absolute Gasteiger partial charge is 0.227 e. The van der Waals surface area contributed by atoms with Crippen molar-refractivity contribution in [2.75, 3.05) is 19.6 Å². The zero-order chi connectivity index (χ0) is 14.1. The van der Waals surface area contributed by atoms with Crippen molar-refractivity contribution >= 4 is 5.91 Å². The number of hydrogen-bond donors (Lipinski definition) is 1. The van der Waals surface area contributed by atoms with Crippen LogP contribution in [-0.2, 0) is 4.79 Å². The summed E-state index contributed by atoms with van der Waals surface area (Å²) in [5.41, 5.74) is 0. The summed E-state index contributed by atoms with van der Waals surface area (Å²) in [7, 11) is 0. The summed E-state index contributed by atoms with van der Waals surface area (Å²) in [6, 6.07) is 0.354. The molecule has 0 aromatic heterocycles. The third-order valence-corrected chi connectivity index (χ3v) is 4.22. The maximum atomic E-state index is 12.6. The average molecular weight is 268 g/mol. The first-order valence-electron chi connectivity index (χ1n) is 8.22. The molecule has 1 aliphatic rings. The van der Waals surface area contributed by atoms with Crippen LogP contribution in [0.3, 0.4) is 0 Å². The molecule has 0 aromatic rings. The van der Waals surface area contributed by atoms with Crippen molar-refractivity contribution in [3.05, 3.63) is 0 Å². The first-order chi connectivity index (χ1) is 9.20. The summed E-state index contributed by atoms with van der Waals surface area (Å²) in [5, 5.41) is 3.39. The van der Waals surface area contributed by atoms with Gasteiger partial charge < -0.3 is 10.2 Å². The van der Waals surface area contributed by atoms with E-state index >= 15 is 0 Å². The Morgan fingerprint density at radius 1 is 1.11 bits per heavy atom. The molecular formula is C16H32N2O. The highest BCUT2D eigenvalue weighted by Crippen LogP contribution is 2.19. The topological polar surface area (TPSA) is 32.3 Å². The second-order valence-electron chi connectivity index (χ2n) is 5.88. The minimum Gasteiger partial charge on any atom is -0.342 e. The number of rotatable bonds is 9. The molecule has 0 bridgehead atoms. The zero-order valence-electron chi connectivity index (χ0n) is 13.1. The van der Waals surface area contributed by atoms with E-state index in [2.05, 4.69) is 31.0 Å². The van der Waals surface area contributed by atoms with Crippen LogP contribution in [0.5, 0.6) is 0 Å². The first-order valence-corrected chi connectivity index (χ1v) is 8.22. The fraction of sp³-hybridized carbons (Fsp3) is 0.938. The van der Waals surface area contributed by atoms with Crippen molar-refractivity contribution < 1.29 is 4.79 Å². The molecule has 3 heteroatoms. The van der Waals surface area contributed by atoms with E-state index in [0.29, 0.717) is 11.9 Å². The van der Waals surface area contributed by atoms with Gasteiger partial charge in [-0.15, -0.1) is 0 Å². The van der Waals surface area contributed by atoms with Gasteiger partial charge >= 0.3 is 0 Å². The maximum Gasteiger partial charge on any atom is 0.227 e. The van der Waals surface area contributed by atoms with E-state index in [9.17, 15) is 4.79 Å². The lowest BCUT2D eigenvalue weighted by molar-refractivity contribution is -0.135. The Labute approximate surface area is 119 Å². The number of carbonyl (C=O) groups is 1. The van der Waals surface area contributed by atoms with Crippen molar-refractivity contribution in [3.63, 3.8) is 0 Å². The van der Waals surface area contributed by atoms with Gasteiger partial charge in [0.25, 0.3) is 0 Å². The highest BCUT2D eigenvalue weighted by molar-refractivity contribution is 5.79.